The van der Waals surface area contributed by atoms with E-state index in [4.69, 9.17) is 9.84 Å². The first kappa shape index (κ1) is 23.9. The van der Waals surface area contributed by atoms with Crippen LogP contribution in [-0.2, 0) is 4.79 Å². The van der Waals surface area contributed by atoms with Crippen molar-refractivity contribution >= 4 is 28.6 Å². The quantitative estimate of drug-likeness (QED) is 0.325. The third-order valence-corrected chi connectivity index (χ3v) is 7.02. The zero-order valence-corrected chi connectivity index (χ0v) is 20.4. The first-order valence-corrected chi connectivity index (χ1v) is 12.5. The summed E-state index contributed by atoms with van der Waals surface area (Å²) in [6, 6.07) is 19.5. The van der Waals surface area contributed by atoms with Crippen molar-refractivity contribution in [2.75, 3.05) is 6.61 Å². The van der Waals surface area contributed by atoms with Gasteiger partial charge in [-0.05, 0) is 78.4 Å². The average Bonchev–Trinajstić information content (AvgIpc) is 3.34. The zero-order chi connectivity index (χ0) is 26.1. The van der Waals surface area contributed by atoms with E-state index in [0.717, 1.165) is 47.2 Å². The highest BCUT2D eigenvalue weighted by molar-refractivity contribution is 6.08. The average molecular weight is 511 g/mol. The summed E-state index contributed by atoms with van der Waals surface area (Å²) in [4.78, 5) is 22.0. The molecule has 2 heterocycles. The Labute approximate surface area is 218 Å². The molecule has 6 rings (SSSR count). The first-order valence-electron chi connectivity index (χ1n) is 12.5. The fourth-order valence-electron chi connectivity index (χ4n) is 5.25. The summed E-state index contributed by atoms with van der Waals surface area (Å²) >= 11 is 0. The van der Waals surface area contributed by atoms with E-state index in [-0.39, 0.29) is 36.1 Å². The Morgan fingerprint density at radius 1 is 0.974 bits per heavy atom. The Morgan fingerprint density at radius 3 is 2.50 bits per heavy atom. The van der Waals surface area contributed by atoms with Crippen LogP contribution in [0, 0.1) is 17.6 Å². The van der Waals surface area contributed by atoms with Gasteiger partial charge in [-0.2, -0.15) is 5.10 Å². The molecule has 1 aliphatic heterocycles. The van der Waals surface area contributed by atoms with Crippen LogP contribution in [0.5, 0.6) is 5.88 Å². The number of amides is 1. The second kappa shape index (κ2) is 10.1. The maximum Gasteiger partial charge on any atom is 0.281 e. The number of ether oxygens (including phenoxy) is 1. The molecule has 1 aliphatic carbocycles. The molecule has 0 N–H and O–H groups in total. The number of hydrogen-bond donors (Lipinski definition) is 0. The summed E-state index contributed by atoms with van der Waals surface area (Å²) < 4.78 is 33.1. The number of carbonyl (C=O) groups excluding carboxylic acids is 1. The summed E-state index contributed by atoms with van der Waals surface area (Å²) in [5, 5.41) is 7.00. The van der Waals surface area contributed by atoms with Crippen LogP contribution in [0.1, 0.15) is 36.4 Å². The van der Waals surface area contributed by atoms with E-state index < -0.39 is 0 Å². The van der Waals surface area contributed by atoms with Crippen molar-refractivity contribution in [2.24, 2.45) is 11.0 Å². The number of fused-ring (bicyclic) bond motifs is 2. The molecule has 2 atom stereocenters. The normalized spacial score (nSPS) is 19.9. The molecule has 2 aliphatic rings. The fraction of sp³-hybridized carbons (Fsp3) is 0.200. The van der Waals surface area contributed by atoms with Crippen molar-refractivity contribution in [3.8, 4) is 5.88 Å². The van der Waals surface area contributed by atoms with Crippen molar-refractivity contribution in [1.29, 1.82) is 0 Å². The number of aromatic nitrogens is 2. The molecular formula is C30H24F2N4O2. The van der Waals surface area contributed by atoms with Gasteiger partial charge in [0.15, 0.2) is 6.61 Å². The van der Waals surface area contributed by atoms with E-state index in [1.165, 1.54) is 35.6 Å². The van der Waals surface area contributed by atoms with Gasteiger partial charge in [0, 0.05) is 5.92 Å². The van der Waals surface area contributed by atoms with Crippen LogP contribution in [0.15, 0.2) is 89.8 Å². The predicted octanol–water partition coefficient (Wildman–Crippen LogP) is 6.11. The molecule has 3 aromatic carbocycles. The van der Waals surface area contributed by atoms with Crippen LogP contribution in [-0.4, -0.2) is 33.2 Å². The molecule has 38 heavy (non-hydrogen) atoms. The zero-order valence-electron chi connectivity index (χ0n) is 20.4. The van der Waals surface area contributed by atoms with Gasteiger partial charge in [0.1, 0.15) is 18.0 Å². The molecule has 1 amide bonds. The van der Waals surface area contributed by atoms with Gasteiger partial charge in [0.25, 0.3) is 5.91 Å². The number of halogens is 2. The smallest absolute Gasteiger partial charge is 0.281 e. The standard InChI is InChI=1S/C30H24F2N4O2/c31-22-12-8-19(9-13-22)16-21-4-3-6-25-28(21)35-36(29(25)20-10-14-23(32)15-11-20)27(37)17-38-30-24-5-1-2-7-26(24)33-18-34-30/h1-2,5,7-16,18,25,29H,3-4,6,17H2. The number of hydrogen-bond acceptors (Lipinski definition) is 5. The van der Waals surface area contributed by atoms with Crippen LogP contribution in [0.3, 0.4) is 0 Å². The number of benzene rings is 3. The van der Waals surface area contributed by atoms with Crippen LogP contribution in [0.4, 0.5) is 8.78 Å². The minimum Gasteiger partial charge on any atom is -0.467 e. The molecule has 2 unspecified atom stereocenters. The highest BCUT2D eigenvalue weighted by Gasteiger charge is 2.43. The molecule has 0 bridgehead atoms. The van der Waals surface area contributed by atoms with Crippen LogP contribution < -0.4 is 4.74 Å². The van der Waals surface area contributed by atoms with E-state index >= 15 is 0 Å². The molecule has 1 saturated carbocycles. The topological polar surface area (TPSA) is 67.7 Å². The number of para-hydroxylation sites is 1. The number of nitrogens with zero attached hydrogens (tertiary/aromatic N) is 4. The number of allylic oxidation sites excluding steroid dienone is 1. The van der Waals surface area contributed by atoms with E-state index in [1.807, 2.05) is 30.3 Å². The Kier molecular flexibility index (Phi) is 6.37. The summed E-state index contributed by atoms with van der Waals surface area (Å²) in [6.07, 6.45) is 5.96. The van der Waals surface area contributed by atoms with Crippen molar-refractivity contribution in [3.63, 3.8) is 0 Å². The van der Waals surface area contributed by atoms with E-state index in [1.54, 1.807) is 24.3 Å². The number of rotatable bonds is 5. The molecule has 0 radical (unpaired) electrons. The lowest BCUT2D eigenvalue weighted by Crippen LogP contribution is -2.34. The van der Waals surface area contributed by atoms with Gasteiger partial charge in [-0.25, -0.2) is 23.8 Å². The molecular weight excluding hydrogens is 486 g/mol. The van der Waals surface area contributed by atoms with Crippen LogP contribution in [0.25, 0.3) is 17.0 Å². The maximum atomic E-state index is 13.8. The highest BCUT2D eigenvalue weighted by Crippen LogP contribution is 2.44. The lowest BCUT2D eigenvalue weighted by molar-refractivity contribution is -0.135. The Morgan fingerprint density at radius 2 is 1.71 bits per heavy atom. The van der Waals surface area contributed by atoms with Crippen molar-refractivity contribution in [1.82, 2.24) is 15.0 Å². The molecule has 1 fully saturated rings. The first-order chi connectivity index (χ1) is 18.6. The maximum absolute atomic E-state index is 13.8. The van der Waals surface area contributed by atoms with Crippen molar-refractivity contribution in [2.45, 2.75) is 25.3 Å². The minimum atomic E-state index is -0.388. The second-order valence-electron chi connectivity index (χ2n) is 9.42. The highest BCUT2D eigenvalue weighted by atomic mass is 19.1. The van der Waals surface area contributed by atoms with E-state index in [2.05, 4.69) is 9.97 Å². The van der Waals surface area contributed by atoms with E-state index in [0.29, 0.717) is 11.3 Å². The molecule has 0 spiro atoms. The van der Waals surface area contributed by atoms with E-state index in [9.17, 15) is 13.6 Å². The predicted molar refractivity (Wildman–Crippen MR) is 140 cm³/mol. The third kappa shape index (κ3) is 4.65. The monoisotopic (exact) mass is 510 g/mol. The van der Waals surface area contributed by atoms with Crippen LogP contribution >= 0.6 is 0 Å². The molecule has 4 aromatic rings. The minimum absolute atomic E-state index is 0.0512. The second-order valence-corrected chi connectivity index (χ2v) is 9.42. The Balaban J connectivity index is 1.32. The lowest BCUT2D eigenvalue weighted by Gasteiger charge is -2.29. The van der Waals surface area contributed by atoms with Gasteiger partial charge in [0.05, 0.1) is 22.7 Å². The van der Waals surface area contributed by atoms with Gasteiger partial charge in [-0.1, -0.05) is 36.4 Å². The van der Waals surface area contributed by atoms with Crippen molar-refractivity contribution < 1.29 is 18.3 Å². The van der Waals surface area contributed by atoms with Gasteiger partial charge in [0.2, 0.25) is 5.88 Å². The SMILES string of the molecule is O=C(COc1ncnc2ccccc12)N1N=C2C(=Cc3ccc(F)cc3)CCCC2C1c1ccc(F)cc1. The number of hydrazone groups is 1. The molecule has 190 valence electrons. The van der Waals surface area contributed by atoms with Gasteiger partial charge >= 0.3 is 0 Å². The summed E-state index contributed by atoms with van der Waals surface area (Å²) in [6.45, 7) is -0.265. The lowest BCUT2D eigenvalue weighted by atomic mass is 9.77. The van der Waals surface area contributed by atoms with Gasteiger partial charge in [-0.3, -0.25) is 4.79 Å². The molecule has 6 nitrogen and oxygen atoms in total. The Bertz CT molecular complexity index is 1550. The van der Waals surface area contributed by atoms with Crippen molar-refractivity contribution in [3.05, 3.63) is 107 Å². The third-order valence-electron chi connectivity index (χ3n) is 7.02. The van der Waals surface area contributed by atoms with Gasteiger partial charge in [-0.15, -0.1) is 0 Å². The largest absolute Gasteiger partial charge is 0.467 e. The summed E-state index contributed by atoms with van der Waals surface area (Å²) in [7, 11) is 0. The summed E-state index contributed by atoms with van der Waals surface area (Å²) in [5.41, 5.74) is 4.23. The Hall–Kier alpha value is -4.46. The number of carbonyl (C=O) groups is 1. The van der Waals surface area contributed by atoms with Gasteiger partial charge < -0.3 is 4.74 Å². The van der Waals surface area contributed by atoms with Crippen LogP contribution in [0.2, 0.25) is 0 Å². The fourth-order valence-corrected chi connectivity index (χ4v) is 5.25. The molecule has 0 saturated heterocycles. The molecule has 1 aromatic heterocycles. The summed E-state index contributed by atoms with van der Waals surface area (Å²) in [5.74, 6) is -0.694. The molecule has 8 heteroatoms.